The van der Waals surface area contributed by atoms with E-state index in [1.54, 1.807) is 11.3 Å². The third kappa shape index (κ3) is 1.09. The second kappa shape index (κ2) is 2.68. The number of fused-ring (bicyclic) bond motifs is 1. The quantitative estimate of drug-likeness (QED) is 0.651. The zero-order chi connectivity index (χ0) is 8.72. The highest BCUT2D eigenvalue weighted by Gasteiger charge is 2.06. The Morgan fingerprint density at radius 3 is 2.83 bits per heavy atom. The molecule has 2 rings (SSSR count). The van der Waals surface area contributed by atoms with Crippen LogP contribution in [-0.2, 0) is 0 Å². The normalized spacial score (nSPS) is 10.9. The van der Waals surface area contributed by atoms with Crippen LogP contribution in [0.25, 0.3) is 10.2 Å². The molecule has 0 aromatic carbocycles. The topological polar surface area (TPSA) is 25.8 Å². The summed E-state index contributed by atoms with van der Waals surface area (Å²) in [6.07, 6.45) is 0. The molecule has 0 aliphatic carbocycles. The van der Waals surface area contributed by atoms with E-state index in [4.69, 9.17) is 11.6 Å². The van der Waals surface area contributed by atoms with Crippen LogP contribution in [-0.4, -0.2) is 10.2 Å². The van der Waals surface area contributed by atoms with Gasteiger partial charge in [-0.2, -0.15) is 0 Å². The lowest BCUT2D eigenvalue weighted by Gasteiger charge is -1.89. The Labute approximate surface area is 79.2 Å². The van der Waals surface area contributed by atoms with Gasteiger partial charge in [0.2, 0.25) is 0 Å². The summed E-state index contributed by atoms with van der Waals surface area (Å²) in [5, 5.41) is 8.29. The number of aromatic nitrogens is 2. The second-order valence-corrected chi connectivity index (χ2v) is 4.31. The molecule has 0 bridgehead atoms. The summed E-state index contributed by atoms with van der Waals surface area (Å²) in [7, 11) is 0. The summed E-state index contributed by atoms with van der Waals surface area (Å²) in [6, 6.07) is 1.86. The minimum absolute atomic E-state index is 0.462. The Hall–Kier alpha value is -0.670. The number of hydrogen-bond acceptors (Lipinski definition) is 3. The van der Waals surface area contributed by atoms with Crippen molar-refractivity contribution in [1.82, 2.24) is 10.2 Å². The Bertz CT molecular complexity index is 436. The van der Waals surface area contributed by atoms with E-state index in [0.717, 1.165) is 10.2 Å². The first kappa shape index (κ1) is 7.95. The third-order valence-corrected chi connectivity index (χ3v) is 3.20. The fraction of sp³-hybridized carbons (Fsp3) is 0.250. The van der Waals surface area contributed by atoms with E-state index in [9.17, 15) is 0 Å². The molecule has 0 N–H and O–H groups in total. The highest BCUT2D eigenvalue weighted by atomic mass is 35.5. The van der Waals surface area contributed by atoms with Crippen molar-refractivity contribution in [1.29, 1.82) is 0 Å². The van der Waals surface area contributed by atoms with Crippen LogP contribution in [0.4, 0.5) is 0 Å². The van der Waals surface area contributed by atoms with E-state index in [2.05, 4.69) is 24.0 Å². The summed E-state index contributed by atoms with van der Waals surface area (Å²) >= 11 is 7.42. The first-order valence-corrected chi connectivity index (χ1v) is 4.77. The molecule has 0 fully saturated rings. The molecule has 0 atom stereocenters. The molecule has 12 heavy (non-hydrogen) atoms. The van der Waals surface area contributed by atoms with Crippen LogP contribution in [0, 0.1) is 13.8 Å². The van der Waals surface area contributed by atoms with Crippen LogP contribution in [0.3, 0.4) is 0 Å². The van der Waals surface area contributed by atoms with Gasteiger partial charge in [-0.15, -0.1) is 21.5 Å². The summed E-state index contributed by atoms with van der Waals surface area (Å²) in [4.78, 5) is 1.28. The molecule has 0 radical (unpaired) electrons. The van der Waals surface area contributed by atoms with E-state index in [1.807, 2.05) is 6.07 Å². The number of rotatable bonds is 0. The first-order valence-electron chi connectivity index (χ1n) is 3.57. The van der Waals surface area contributed by atoms with Crippen LogP contribution >= 0.6 is 22.9 Å². The molecule has 0 aliphatic rings. The van der Waals surface area contributed by atoms with Gasteiger partial charge in [0.15, 0.2) is 5.15 Å². The zero-order valence-corrected chi connectivity index (χ0v) is 8.33. The molecule has 2 aromatic rings. The largest absolute Gasteiger partial charge is 0.153 e. The van der Waals surface area contributed by atoms with E-state index in [-0.39, 0.29) is 0 Å². The van der Waals surface area contributed by atoms with Crippen molar-refractivity contribution >= 4 is 33.2 Å². The number of hydrogen-bond donors (Lipinski definition) is 0. The summed E-state index contributed by atoms with van der Waals surface area (Å²) in [5.41, 5.74) is 2.18. The molecule has 0 aliphatic heterocycles. The summed E-state index contributed by atoms with van der Waals surface area (Å²) < 4.78 is 1.12. The molecule has 2 heterocycles. The van der Waals surface area contributed by atoms with Crippen molar-refractivity contribution in [3.05, 3.63) is 21.7 Å². The SMILES string of the molecule is Cc1sc2cc(Cl)nnc2c1C. The van der Waals surface area contributed by atoms with Crippen molar-refractivity contribution < 1.29 is 0 Å². The molecule has 0 saturated carbocycles. The zero-order valence-electron chi connectivity index (χ0n) is 6.76. The maximum atomic E-state index is 5.71. The van der Waals surface area contributed by atoms with Crippen molar-refractivity contribution in [2.24, 2.45) is 0 Å². The fourth-order valence-electron chi connectivity index (χ4n) is 1.10. The van der Waals surface area contributed by atoms with Crippen LogP contribution in [0.2, 0.25) is 5.15 Å². The van der Waals surface area contributed by atoms with Gasteiger partial charge >= 0.3 is 0 Å². The molecular formula is C8H7ClN2S. The Balaban J connectivity index is 2.87. The maximum absolute atomic E-state index is 5.71. The van der Waals surface area contributed by atoms with Gasteiger partial charge < -0.3 is 0 Å². The maximum Gasteiger partial charge on any atom is 0.153 e. The minimum Gasteiger partial charge on any atom is -0.148 e. The van der Waals surface area contributed by atoms with Crippen LogP contribution in [0.5, 0.6) is 0 Å². The molecule has 62 valence electrons. The Kier molecular flexibility index (Phi) is 1.77. The number of aryl methyl sites for hydroxylation is 2. The van der Waals surface area contributed by atoms with Gasteiger partial charge in [0, 0.05) is 4.88 Å². The van der Waals surface area contributed by atoms with Crippen LogP contribution < -0.4 is 0 Å². The van der Waals surface area contributed by atoms with Gasteiger partial charge in [0.1, 0.15) is 5.52 Å². The van der Waals surface area contributed by atoms with Crippen molar-refractivity contribution in [2.75, 3.05) is 0 Å². The van der Waals surface area contributed by atoms with E-state index < -0.39 is 0 Å². The highest BCUT2D eigenvalue weighted by molar-refractivity contribution is 7.19. The van der Waals surface area contributed by atoms with Crippen LogP contribution in [0.15, 0.2) is 6.07 Å². The minimum atomic E-state index is 0.462. The second-order valence-electron chi connectivity index (χ2n) is 2.66. The van der Waals surface area contributed by atoms with E-state index in [1.165, 1.54) is 10.4 Å². The van der Waals surface area contributed by atoms with E-state index in [0.29, 0.717) is 5.15 Å². The highest BCUT2D eigenvalue weighted by Crippen LogP contribution is 2.28. The smallest absolute Gasteiger partial charge is 0.148 e. The Morgan fingerprint density at radius 2 is 2.08 bits per heavy atom. The molecule has 2 aromatic heterocycles. The molecule has 2 nitrogen and oxygen atoms in total. The predicted octanol–water partition coefficient (Wildman–Crippen LogP) is 2.96. The van der Waals surface area contributed by atoms with Gasteiger partial charge in [-0.25, -0.2) is 0 Å². The molecular weight excluding hydrogens is 192 g/mol. The summed E-state index contributed by atoms with van der Waals surface area (Å²) in [6.45, 7) is 4.13. The summed E-state index contributed by atoms with van der Waals surface area (Å²) in [5.74, 6) is 0. The van der Waals surface area contributed by atoms with Crippen molar-refractivity contribution in [2.45, 2.75) is 13.8 Å². The molecule has 4 heteroatoms. The Morgan fingerprint density at radius 1 is 1.33 bits per heavy atom. The molecule has 0 spiro atoms. The lowest BCUT2D eigenvalue weighted by atomic mass is 10.2. The van der Waals surface area contributed by atoms with E-state index >= 15 is 0 Å². The van der Waals surface area contributed by atoms with Gasteiger partial charge in [-0.1, -0.05) is 11.6 Å². The number of halogens is 1. The lowest BCUT2D eigenvalue weighted by molar-refractivity contribution is 1.07. The monoisotopic (exact) mass is 198 g/mol. The fourth-order valence-corrected chi connectivity index (χ4v) is 2.35. The molecule has 0 amide bonds. The van der Waals surface area contributed by atoms with Crippen molar-refractivity contribution in [3.8, 4) is 0 Å². The van der Waals surface area contributed by atoms with Gasteiger partial charge in [0.05, 0.1) is 4.70 Å². The standard InChI is InChI=1S/C8H7ClN2S/c1-4-5(2)12-6-3-7(9)10-11-8(4)6/h3H,1-2H3. The molecule has 0 saturated heterocycles. The average molecular weight is 199 g/mol. The average Bonchev–Trinajstić information content (AvgIpc) is 2.28. The number of nitrogens with zero attached hydrogens (tertiary/aromatic N) is 2. The first-order chi connectivity index (χ1) is 5.68. The predicted molar refractivity (Wildman–Crippen MR) is 51.9 cm³/mol. The van der Waals surface area contributed by atoms with Crippen molar-refractivity contribution in [3.63, 3.8) is 0 Å². The number of thiophene rings is 1. The molecule has 0 unspecified atom stereocenters. The van der Waals surface area contributed by atoms with Gasteiger partial charge in [0.25, 0.3) is 0 Å². The third-order valence-electron chi connectivity index (χ3n) is 1.88. The lowest BCUT2D eigenvalue weighted by Crippen LogP contribution is -1.82. The van der Waals surface area contributed by atoms with Gasteiger partial charge in [-0.05, 0) is 25.5 Å². The van der Waals surface area contributed by atoms with Gasteiger partial charge in [-0.3, -0.25) is 0 Å². The van der Waals surface area contributed by atoms with Crippen LogP contribution in [0.1, 0.15) is 10.4 Å².